The molecule has 0 aromatic carbocycles. The minimum atomic E-state index is -1.02. The number of amides is 2. The van der Waals surface area contributed by atoms with Gasteiger partial charge in [0, 0.05) is 6.54 Å². The summed E-state index contributed by atoms with van der Waals surface area (Å²) in [5.74, 6) is -1.02. The van der Waals surface area contributed by atoms with Gasteiger partial charge in [0.1, 0.15) is 6.04 Å². The summed E-state index contributed by atoms with van der Waals surface area (Å²) in [6.07, 6.45) is 1.88. The average molecular weight is 230 g/mol. The Balaban J connectivity index is 4.21. The van der Waals surface area contributed by atoms with Gasteiger partial charge in [-0.1, -0.05) is 34.1 Å². The molecular formula is C11H22N2O3. The summed E-state index contributed by atoms with van der Waals surface area (Å²) in [6, 6.07) is -1.30. The smallest absolute Gasteiger partial charge is 0.326 e. The monoisotopic (exact) mass is 230 g/mol. The maximum Gasteiger partial charge on any atom is 0.326 e. The molecule has 2 amide bonds. The minimum absolute atomic E-state index is 0.421. The first-order valence-corrected chi connectivity index (χ1v) is 5.56. The third-order valence-electron chi connectivity index (χ3n) is 2.20. The van der Waals surface area contributed by atoms with Gasteiger partial charge in [-0.15, -0.1) is 0 Å². The lowest BCUT2D eigenvalue weighted by Crippen LogP contribution is -2.52. The first-order chi connectivity index (χ1) is 7.29. The Morgan fingerprint density at radius 2 is 1.88 bits per heavy atom. The number of urea groups is 1. The molecule has 0 fully saturated rings. The maximum atomic E-state index is 11.4. The van der Waals surface area contributed by atoms with Crippen molar-refractivity contribution in [2.24, 2.45) is 5.41 Å². The van der Waals surface area contributed by atoms with E-state index in [0.29, 0.717) is 6.54 Å². The molecule has 0 saturated carbocycles. The van der Waals surface area contributed by atoms with E-state index >= 15 is 0 Å². The summed E-state index contributed by atoms with van der Waals surface area (Å²) in [4.78, 5) is 22.4. The van der Waals surface area contributed by atoms with E-state index in [4.69, 9.17) is 5.11 Å². The van der Waals surface area contributed by atoms with Gasteiger partial charge in [-0.3, -0.25) is 0 Å². The zero-order chi connectivity index (χ0) is 12.8. The van der Waals surface area contributed by atoms with Crippen molar-refractivity contribution >= 4 is 12.0 Å². The van der Waals surface area contributed by atoms with Crippen LogP contribution in [0, 0.1) is 5.41 Å². The number of carboxylic acids is 1. The normalized spacial score (nSPS) is 13.0. The Kier molecular flexibility index (Phi) is 5.85. The third kappa shape index (κ3) is 5.58. The molecule has 0 radical (unpaired) electrons. The van der Waals surface area contributed by atoms with Gasteiger partial charge < -0.3 is 15.7 Å². The highest BCUT2D eigenvalue weighted by Crippen LogP contribution is 2.19. The number of aliphatic carboxylic acids is 1. The van der Waals surface area contributed by atoms with Crippen molar-refractivity contribution in [2.45, 2.75) is 46.6 Å². The number of carbonyl (C=O) groups excluding carboxylic acids is 1. The number of carboxylic acid groups (broad SMARTS) is 1. The predicted molar refractivity (Wildman–Crippen MR) is 62.3 cm³/mol. The summed E-state index contributed by atoms with van der Waals surface area (Å²) in [6.45, 7) is 7.92. The number of hydrogen-bond acceptors (Lipinski definition) is 2. The molecule has 0 saturated heterocycles. The highest BCUT2D eigenvalue weighted by atomic mass is 16.4. The Hall–Kier alpha value is -1.26. The molecule has 0 aromatic heterocycles. The molecule has 0 aliphatic carbocycles. The van der Waals surface area contributed by atoms with Crippen LogP contribution in [0.3, 0.4) is 0 Å². The van der Waals surface area contributed by atoms with Crippen LogP contribution in [-0.4, -0.2) is 29.7 Å². The van der Waals surface area contributed by atoms with Crippen LogP contribution in [0.15, 0.2) is 0 Å². The fourth-order valence-electron chi connectivity index (χ4n) is 1.21. The third-order valence-corrected chi connectivity index (χ3v) is 2.20. The van der Waals surface area contributed by atoms with Gasteiger partial charge in [-0.05, 0) is 11.8 Å². The molecule has 16 heavy (non-hydrogen) atoms. The second kappa shape index (κ2) is 6.35. The number of nitrogens with one attached hydrogen (secondary N) is 2. The van der Waals surface area contributed by atoms with E-state index < -0.39 is 23.5 Å². The molecule has 3 N–H and O–H groups in total. The van der Waals surface area contributed by atoms with E-state index in [1.54, 1.807) is 20.8 Å². The first-order valence-electron chi connectivity index (χ1n) is 5.56. The van der Waals surface area contributed by atoms with E-state index in [0.717, 1.165) is 12.8 Å². The fourth-order valence-corrected chi connectivity index (χ4v) is 1.21. The summed E-state index contributed by atoms with van der Waals surface area (Å²) < 4.78 is 0. The van der Waals surface area contributed by atoms with E-state index in [1.165, 1.54) is 0 Å². The molecule has 0 heterocycles. The number of unbranched alkanes of at least 4 members (excludes halogenated alkanes) is 1. The van der Waals surface area contributed by atoms with Crippen molar-refractivity contribution in [3.8, 4) is 0 Å². The van der Waals surface area contributed by atoms with Crippen molar-refractivity contribution in [3.05, 3.63) is 0 Å². The molecule has 0 aliphatic rings. The summed E-state index contributed by atoms with van der Waals surface area (Å²) in [5, 5.41) is 14.1. The SMILES string of the molecule is CCCCNC(=O)N[C@@H](C(=O)O)C(C)(C)C. The number of carbonyl (C=O) groups is 2. The quantitative estimate of drug-likeness (QED) is 0.627. The highest BCUT2D eigenvalue weighted by Gasteiger charge is 2.32. The molecule has 0 aliphatic heterocycles. The van der Waals surface area contributed by atoms with Crippen molar-refractivity contribution in [1.82, 2.24) is 10.6 Å². The molecule has 0 aromatic rings. The Bertz CT molecular complexity index is 246. The predicted octanol–water partition coefficient (Wildman–Crippen LogP) is 1.58. The Morgan fingerprint density at radius 3 is 2.25 bits per heavy atom. The lowest BCUT2D eigenvalue weighted by molar-refractivity contribution is -0.141. The van der Waals surface area contributed by atoms with Crippen LogP contribution in [-0.2, 0) is 4.79 Å². The van der Waals surface area contributed by atoms with Gasteiger partial charge in [0.2, 0.25) is 0 Å². The fraction of sp³-hybridized carbons (Fsp3) is 0.818. The van der Waals surface area contributed by atoms with Crippen LogP contribution in [0.25, 0.3) is 0 Å². The Morgan fingerprint density at radius 1 is 1.31 bits per heavy atom. The van der Waals surface area contributed by atoms with E-state index in [9.17, 15) is 9.59 Å². The molecule has 5 heteroatoms. The molecular weight excluding hydrogens is 208 g/mol. The van der Waals surface area contributed by atoms with Crippen LogP contribution in [0.1, 0.15) is 40.5 Å². The van der Waals surface area contributed by atoms with Crippen molar-refractivity contribution in [1.29, 1.82) is 0 Å². The van der Waals surface area contributed by atoms with Crippen LogP contribution >= 0.6 is 0 Å². The topological polar surface area (TPSA) is 78.4 Å². The van der Waals surface area contributed by atoms with Gasteiger partial charge in [-0.2, -0.15) is 0 Å². The number of hydrogen-bond donors (Lipinski definition) is 3. The van der Waals surface area contributed by atoms with Crippen LogP contribution in [0.5, 0.6) is 0 Å². The molecule has 0 unspecified atom stereocenters. The second-order valence-corrected chi connectivity index (χ2v) is 4.89. The van der Waals surface area contributed by atoms with E-state index in [-0.39, 0.29) is 0 Å². The van der Waals surface area contributed by atoms with E-state index in [1.807, 2.05) is 6.92 Å². The summed E-state index contributed by atoms with van der Waals surface area (Å²) >= 11 is 0. The molecule has 0 rings (SSSR count). The maximum absolute atomic E-state index is 11.4. The Labute approximate surface area is 96.6 Å². The lowest BCUT2D eigenvalue weighted by atomic mass is 9.87. The highest BCUT2D eigenvalue weighted by molar-refractivity contribution is 5.83. The molecule has 1 atom stereocenters. The first kappa shape index (κ1) is 14.7. The van der Waals surface area contributed by atoms with Crippen molar-refractivity contribution < 1.29 is 14.7 Å². The largest absolute Gasteiger partial charge is 0.480 e. The summed E-state index contributed by atoms with van der Waals surface area (Å²) in [7, 11) is 0. The van der Waals surface area contributed by atoms with Crippen LogP contribution < -0.4 is 10.6 Å². The molecule has 94 valence electrons. The van der Waals surface area contributed by atoms with E-state index in [2.05, 4.69) is 10.6 Å². The molecule has 0 spiro atoms. The lowest BCUT2D eigenvalue weighted by Gasteiger charge is -2.27. The van der Waals surface area contributed by atoms with Gasteiger partial charge in [-0.25, -0.2) is 9.59 Å². The van der Waals surface area contributed by atoms with Gasteiger partial charge in [0.25, 0.3) is 0 Å². The summed E-state index contributed by atoms with van der Waals surface area (Å²) in [5.41, 5.74) is -0.506. The van der Waals surface area contributed by atoms with Gasteiger partial charge in [0.05, 0.1) is 0 Å². The standard InChI is InChI=1S/C11H22N2O3/c1-5-6-7-12-10(16)13-8(9(14)15)11(2,3)4/h8H,5-7H2,1-4H3,(H,14,15)(H2,12,13,16)/t8-/m0/s1. The van der Waals surface area contributed by atoms with Gasteiger partial charge in [0.15, 0.2) is 0 Å². The van der Waals surface area contributed by atoms with Crippen LogP contribution in [0.4, 0.5) is 4.79 Å². The molecule has 5 nitrogen and oxygen atoms in total. The zero-order valence-corrected chi connectivity index (χ0v) is 10.5. The minimum Gasteiger partial charge on any atom is -0.480 e. The average Bonchev–Trinajstić information content (AvgIpc) is 2.12. The van der Waals surface area contributed by atoms with Crippen molar-refractivity contribution in [2.75, 3.05) is 6.54 Å². The van der Waals surface area contributed by atoms with Crippen molar-refractivity contribution in [3.63, 3.8) is 0 Å². The zero-order valence-electron chi connectivity index (χ0n) is 10.5. The number of rotatable bonds is 5. The van der Waals surface area contributed by atoms with Gasteiger partial charge >= 0.3 is 12.0 Å². The van der Waals surface area contributed by atoms with Crippen LogP contribution in [0.2, 0.25) is 0 Å². The second-order valence-electron chi connectivity index (χ2n) is 4.89. The molecule has 0 bridgehead atoms.